The summed E-state index contributed by atoms with van der Waals surface area (Å²) in [4.78, 5) is 10.7. The molecule has 1 aliphatic rings. The van der Waals surface area contributed by atoms with Gasteiger partial charge in [-0.3, -0.25) is 4.79 Å². The van der Waals surface area contributed by atoms with Gasteiger partial charge in [-0.1, -0.05) is 0 Å². The molecule has 68 valence electrons. The molecule has 0 spiro atoms. The summed E-state index contributed by atoms with van der Waals surface area (Å²) >= 11 is 0. The van der Waals surface area contributed by atoms with Gasteiger partial charge in [0.1, 0.15) is 17.6 Å². The average molecular weight is 178 g/mol. The van der Waals surface area contributed by atoms with Gasteiger partial charge in [0.2, 0.25) is 0 Å². The van der Waals surface area contributed by atoms with Gasteiger partial charge in [0.15, 0.2) is 6.29 Å². The molecule has 0 fully saturated rings. The summed E-state index contributed by atoms with van der Waals surface area (Å²) in [6, 6.07) is 3.18. The fourth-order valence-electron chi connectivity index (χ4n) is 1.63. The van der Waals surface area contributed by atoms with Gasteiger partial charge >= 0.3 is 0 Å². The molecule has 0 amide bonds. The predicted octanol–water partition coefficient (Wildman–Crippen LogP) is 1.53. The molecule has 0 saturated heterocycles. The van der Waals surface area contributed by atoms with Crippen LogP contribution in [-0.4, -0.2) is 17.5 Å². The highest BCUT2D eigenvalue weighted by molar-refractivity contribution is 5.83. The van der Waals surface area contributed by atoms with Crippen molar-refractivity contribution in [2.24, 2.45) is 0 Å². The molecular formula is C10H10O3. The Morgan fingerprint density at radius 3 is 3.08 bits per heavy atom. The summed E-state index contributed by atoms with van der Waals surface area (Å²) in [7, 11) is 0. The number of ether oxygens (including phenoxy) is 1. The molecule has 0 bridgehead atoms. The molecule has 1 atom stereocenters. The van der Waals surface area contributed by atoms with E-state index >= 15 is 0 Å². The molecule has 0 unspecified atom stereocenters. The molecule has 1 aromatic rings. The van der Waals surface area contributed by atoms with Crippen LogP contribution >= 0.6 is 0 Å². The van der Waals surface area contributed by atoms with E-state index in [4.69, 9.17) is 4.74 Å². The molecule has 1 aliphatic heterocycles. The summed E-state index contributed by atoms with van der Waals surface area (Å²) in [5.41, 5.74) is 1.18. The van der Waals surface area contributed by atoms with Gasteiger partial charge < -0.3 is 9.84 Å². The van der Waals surface area contributed by atoms with E-state index in [2.05, 4.69) is 0 Å². The zero-order valence-corrected chi connectivity index (χ0v) is 7.28. The molecule has 1 aromatic carbocycles. The van der Waals surface area contributed by atoms with Crippen molar-refractivity contribution in [3.8, 4) is 11.5 Å². The van der Waals surface area contributed by atoms with E-state index in [9.17, 15) is 9.90 Å². The lowest BCUT2D eigenvalue weighted by Crippen LogP contribution is -2.05. The minimum absolute atomic E-state index is 0.0338. The van der Waals surface area contributed by atoms with Crippen molar-refractivity contribution in [1.29, 1.82) is 0 Å². The molecule has 3 nitrogen and oxygen atoms in total. The Morgan fingerprint density at radius 1 is 1.62 bits per heavy atom. The number of carbonyl (C=O) groups is 1. The van der Waals surface area contributed by atoms with Crippen molar-refractivity contribution < 1.29 is 14.6 Å². The molecule has 0 saturated carbocycles. The second kappa shape index (κ2) is 2.76. The first-order chi connectivity index (χ1) is 6.22. The first kappa shape index (κ1) is 8.10. The van der Waals surface area contributed by atoms with Crippen LogP contribution in [0.1, 0.15) is 22.8 Å². The number of benzene rings is 1. The SMILES string of the molecule is C[C@H]1Cc2c(ccc(O)c2C=O)O1. The van der Waals surface area contributed by atoms with Gasteiger partial charge in [-0.25, -0.2) is 0 Å². The highest BCUT2D eigenvalue weighted by Crippen LogP contribution is 2.34. The lowest BCUT2D eigenvalue weighted by Gasteiger charge is -2.03. The third-order valence-electron chi connectivity index (χ3n) is 2.23. The minimum Gasteiger partial charge on any atom is -0.507 e. The Bertz CT molecular complexity index is 357. The van der Waals surface area contributed by atoms with Gasteiger partial charge in [0, 0.05) is 12.0 Å². The second-order valence-electron chi connectivity index (χ2n) is 3.23. The summed E-state index contributed by atoms with van der Waals surface area (Å²) < 4.78 is 5.43. The van der Waals surface area contributed by atoms with Gasteiger partial charge in [-0.05, 0) is 19.1 Å². The first-order valence-corrected chi connectivity index (χ1v) is 4.19. The normalized spacial score (nSPS) is 19.3. The Balaban J connectivity index is 2.58. The van der Waals surface area contributed by atoms with E-state index in [0.29, 0.717) is 24.0 Å². The summed E-state index contributed by atoms with van der Waals surface area (Å²) in [6.07, 6.45) is 1.46. The number of aromatic hydroxyl groups is 1. The number of aldehydes is 1. The quantitative estimate of drug-likeness (QED) is 0.663. The van der Waals surface area contributed by atoms with Crippen LogP contribution in [0, 0.1) is 0 Å². The number of rotatable bonds is 1. The third kappa shape index (κ3) is 1.16. The molecule has 0 radical (unpaired) electrons. The number of hydrogen-bond donors (Lipinski definition) is 1. The molecule has 13 heavy (non-hydrogen) atoms. The Labute approximate surface area is 76.0 Å². The topological polar surface area (TPSA) is 46.5 Å². The lowest BCUT2D eigenvalue weighted by molar-refractivity contribution is 0.112. The van der Waals surface area contributed by atoms with Crippen molar-refractivity contribution in [1.82, 2.24) is 0 Å². The van der Waals surface area contributed by atoms with Crippen LogP contribution in [0.5, 0.6) is 11.5 Å². The summed E-state index contributed by atoms with van der Waals surface area (Å²) in [5, 5.41) is 9.37. The van der Waals surface area contributed by atoms with Crippen LogP contribution in [0.3, 0.4) is 0 Å². The number of carbonyl (C=O) groups excluding carboxylic acids is 1. The third-order valence-corrected chi connectivity index (χ3v) is 2.23. The Morgan fingerprint density at radius 2 is 2.38 bits per heavy atom. The number of phenolic OH excluding ortho intramolecular Hbond substituents is 1. The van der Waals surface area contributed by atoms with E-state index in [1.165, 1.54) is 6.07 Å². The van der Waals surface area contributed by atoms with E-state index in [-0.39, 0.29) is 11.9 Å². The molecule has 1 N–H and O–H groups in total. The molecule has 0 aromatic heterocycles. The molecular weight excluding hydrogens is 168 g/mol. The number of fused-ring (bicyclic) bond motifs is 1. The molecule has 1 heterocycles. The van der Waals surface area contributed by atoms with Crippen LogP contribution in [0.25, 0.3) is 0 Å². The Hall–Kier alpha value is -1.51. The van der Waals surface area contributed by atoms with Gasteiger partial charge in [0.05, 0.1) is 5.56 Å². The molecule has 3 heteroatoms. The standard InChI is InChI=1S/C10H10O3/c1-6-4-7-8(5-11)9(12)2-3-10(7)13-6/h2-3,5-6,12H,4H2,1H3/t6-/m0/s1. The van der Waals surface area contributed by atoms with E-state index in [1.807, 2.05) is 6.92 Å². The van der Waals surface area contributed by atoms with Crippen LogP contribution < -0.4 is 4.74 Å². The highest BCUT2D eigenvalue weighted by Gasteiger charge is 2.23. The van der Waals surface area contributed by atoms with Crippen LogP contribution in [0.4, 0.5) is 0 Å². The Kier molecular flexibility index (Phi) is 1.72. The summed E-state index contributed by atoms with van der Waals surface area (Å²) in [6.45, 7) is 1.94. The maximum Gasteiger partial charge on any atom is 0.154 e. The van der Waals surface area contributed by atoms with Crippen LogP contribution in [-0.2, 0) is 6.42 Å². The van der Waals surface area contributed by atoms with Gasteiger partial charge in [-0.15, -0.1) is 0 Å². The average Bonchev–Trinajstić information content (AvgIpc) is 2.45. The largest absolute Gasteiger partial charge is 0.507 e. The maximum atomic E-state index is 10.7. The van der Waals surface area contributed by atoms with Crippen molar-refractivity contribution in [2.75, 3.05) is 0 Å². The number of phenols is 1. The highest BCUT2D eigenvalue weighted by atomic mass is 16.5. The van der Waals surface area contributed by atoms with E-state index in [0.717, 1.165) is 5.56 Å². The second-order valence-corrected chi connectivity index (χ2v) is 3.23. The molecule has 0 aliphatic carbocycles. The van der Waals surface area contributed by atoms with Crippen molar-refractivity contribution >= 4 is 6.29 Å². The fourth-order valence-corrected chi connectivity index (χ4v) is 1.63. The maximum absolute atomic E-state index is 10.7. The molecule has 2 rings (SSSR count). The van der Waals surface area contributed by atoms with E-state index < -0.39 is 0 Å². The van der Waals surface area contributed by atoms with Crippen molar-refractivity contribution in [3.63, 3.8) is 0 Å². The lowest BCUT2D eigenvalue weighted by atomic mass is 10.0. The zero-order chi connectivity index (χ0) is 9.42. The fraction of sp³-hybridized carbons (Fsp3) is 0.300. The van der Waals surface area contributed by atoms with Crippen molar-refractivity contribution in [3.05, 3.63) is 23.3 Å². The van der Waals surface area contributed by atoms with Crippen LogP contribution in [0.15, 0.2) is 12.1 Å². The van der Waals surface area contributed by atoms with Crippen LogP contribution in [0.2, 0.25) is 0 Å². The number of hydrogen-bond acceptors (Lipinski definition) is 3. The smallest absolute Gasteiger partial charge is 0.154 e. The zero-order valence-electron chi connectivity index (χ0n) is 7.28. The monoisotopic (exact) mass is 178 g/mol. The minimum atomic E-state index is 0.0338. The van der Waals surface area contributed by atoms with E-state index in [1.54, 1.807) is 6.07 Å². The predicted molar refractivity (Wildman–Crippen MR) is 47.3 cm³/mol. The van der Waals surface area contributed by atoms with Gasteiger partial charge in [-0.2, -0.15) is 0 Å². The van der Waals surface area contributed by atoms with Gasteiger partial charge in [0.25, 0.3) is 0 Å². The van der Waals surface area contributed by atoms with Crippen molar-refractivity contribution in [2.45, 2.75) is 19.4 Å². The first-order valence-electron chi connectivity index (χ1n) is 4.19. The summed E-state index contributed by atoms with van der Waals surface area (Å²) in [5.74, 6) is 0.749.